The second kappa shape index (κ2) is 7.00. The lowest BCUT2D eigenvalue weighted by Gasteiger charge is -2.12. The minimum Gasteiger partial charge on any atom is -0.370 e. The van der Waals surface area contributed by atoms with Crippen molar-refractivity contribution in [3.8, 4) is 16.9 Å². The minimum atomic E-state index is -4.43. The van der Waals surface area contributed by atoms with Crippen molar-refractivity contribution in [2.45, 2.75) is 39.3 Å². The predicted octanol–water partition coefficient (Wildman–Crippen LogP) is 5.92. The van der Waals surface area contributed by atoms with Gasteiger partial charge in [-0.05, 0) is 50.8 Å². The van der Waals surface area contributed by atoms with Gasteiger partial charge in [0, 0.05) is 17.7 Å². The predicted molar refractivity (Wildman–Crippen MR) is 105 cm³/mol. The van der Waals surface area contributed by atoms with Crippen LogP contribution < -0.4 is 5.32 Å². The summed E-state index contributed by atoms with van der Waals surface area (Å²) in [7, 11) is 0. The lowest BCUT2D eigenvalue weighted by Crippen LogP contribution is -2.08. The fraction of sp³-hybridized carbons (Fsp3) is 0.318. The van der Waals surface area contributed by atoms with Gasteiger partial charge in [0.2, 0.25) is 0 Å². The SMILES string of the molecule is Cc1ccc(-n2nc(-c3ccccc3C(F)(F)F)c3c2NCCCC3)c(C)c1. The first kappa shape index (κ1) is 18.6. The normalized spacial score (nSPS) is 14.3. The molecule has 0 saturated carbocycles. The summed E-state index contributed by atoms with van der Waals surface area (Å²) in [5.74, 6) is 0.802. The Morgan fingerprint density at radius 1 is 1.04 bits per heavy atom. The molecule has 2 aromatic carbocycles. The third kappa shape index (κ3) is 3.28. The molecule has 3 aromatic rings. The van der Waals surface area contributed by atoms with Crippen LogP contribution >= 0.6 is 0 Å². The van der Waals surface area contributed by atoms with Crippen LogP contribution in [0.2, 0.25) is 0 Å². The third-order valence-electron chi connectivity index (χ3n) is 5.20. The molecule has 1 N–H and O–H groups in total. The molecule has 0 atom stereocenters. The third-order valence-corrected chi connectivity index (χ3v) is 5.20. The Bertz CT molecular complexity index is 1020. The van der Waals surface area contributed by atoms with Crippen LogP contribution in [0.4, 0.5) is 19.0 Å². The van der Waals surface area contributed by atoms with Gasteiger partial charge in [0.05, 0.1) is 16.9 Å². The first-order valence-electron chi connectivity index (χ1n) is 9.46. The smallest absolute Gasteiger partial charge is 0.370 e. The van der Waals surface area contributed by atoms with E-state index < -0.39 is 11.7 Å². The number of aryl methyl sites for hydroxylation is 2. The Kier molecular flexibility index (Phi) is 4.65. The summed E-state index contributed by atoms with van der Waals surface area (Å²) in [6.45, 7) is 4.80. The Morgan fingerprint density at radius 3 is 2.57 bits per heavy atom. The van der Waals surface area contributed by atoms with E-state index in [2.05, 4.69) is 11.4 Å². The van der Waals surface area contributed by atoms with Crippen molar-refractivity contribution in [2.75, 3.05) is 11.9 Å². The highest BCUT2D eigenvalue weighted by atomic mass is 19.4. The van der Waals surface area contributed by atoms with E-state index >= 15 is 0 Å². The van der Waals surface area contributed by atoms with E-state index in [4.69, 9.17) is 5.10 Å². The molecule has 1 aromatic heterocycles. The highest BCUT2D eigenvalue weighted by Gasteiger charge is 2.35. The minimum absolute atomic E-state index is 0.137. The summed E-state index contributed by atoms with van der Waals surface area (Å²) < 4.78 is 42.7. The number of hydrogen-bond donors (Lipinski definition) is 1. The number of benzene rings is 2. The van der Waals surface area contributed by atoms with Gasteiger partial charge in [-0.25, -0.2) is 4.68 Å². The maximum absolute atomic E-state index is 13.6. The molecule has 0 spiro atoms. The monoisotopic (exact) mass is 385 g/mol. The number of anilines is 1. The van der Waals surface area contributed by atoms with Crippen LogP contribution in [0.1, 0.15) is 35.1 Å². The van der Waals surface area contributed by atoms with Crippen LogP contribution in [0, 0.1) is 13.8 Å². The van der Waals surface area contributed by atoms with E-state index in [0.29, 0.717) is 12.1 Å². The number of aromatic nitrogens is 2. The van der Waals surface area contributed by atoms with Gasteiger partial charge in [0.1, 0.15) is 5.82 Å². The van der Waals surface area contributed by atoms with E-state index in [1.165, 1.54) is 12.1 Å². The fourth-order valence-corrected chi connectivity index (χ4v) is 3.87. The second-order valence-electron chi connectivity index (χ2n) is 7.30. The summed E-state index contributed by atoms with van der Waals surface area (Å²) in [5, 5.41) is 8.09. The maximum Gasteiger partial charge on any atom is 0.417 e. The van der Waals surface area contributed by atoms with Crippen LogP contribution in [0.5, 0.6) is 0 Å². The zero-order valence-corrected chi connectivity index (χ0v) is 15.9. The Morgan fingerprint density at radius 2 is 1.82 bits per heavy atom. The van der Waals surface area contributed by atoms with Crippen molar-refractivity contribution in [3.63, 3.8) is 0 Å². The van der Waals surface area contributed by atoms with Gasteiger partial charge in [0.25, 0.3) is 0 Å². The van der Waals surface area contributed by atoms with Crippen molar-refractivity contribution in [2.24, 2.45) is 0 Å². The number of hydrogen-bond acceptors (Lipinski definition) is 2. The van der Waals surface area contributed by atoms with Crippen LogP contribution in [0.15, 0.2) is 42.5 Å². The fourth-order valence-electron chi connectivity index (χ4n) is 3.87. The second-order valence-corrected chi connectivity index (χ2v) is 7.30. The molecular weight excluding hydrogens is 363 g/mol. The van der Waals surface area contributed by atoms with Crippen LogP contribution in [-0.2, 0) is 12.6 Å². The van der Waals surface area contributed by atoms with E-state index in [0.717, 1.165) is 53.6 Å². The molecule has 4 rings (SSSR count). The maximum atomic E-state index is 13.6. The lowest BCUT2D eigenvalue weighted by molar-refractivity contribution is -0.137. The van der Waals surface area contributed by atoms with E-state index in [1.54, 1.807) is 10.7 Å². The van der Waals surface area contributed by atoms with Crippen molar-refractivity contribution < 1.29 is 13.2 Å². The van der Waals surface area contributed by atoms with Gasteiger partial charge in [-0.2, -0.15) is 18.3 Å². The van der Waals surface area contributed by atoms with Gasteiger partial charge < -0.3 is 5.32 Å². The molecule has 6 heteroatoms. The van der Waals surface area contributed by atoms with Gasteiger partial charge >= 0.3 is 6.18 Å². The van der Waals surface area contributed by atoms with Gasteiger partial charge in [-0.1, -0.05) is 35.9 Å². The van der Waals surface area contributed by atoms with Gasteiger partial charge in [-0.15, -0.1) is 0 Å². The molecular formula is C22H22F3N3. The number of nitrogens with zero attached hydrogens (tertiary/aromatic N) is 2. The Labute approximate surface area is 162 Å². The van der Waals surface area contributed by atoms with E-state index in [-0.39, 0.29) is 5.56 Å². The quantitative estimate of drug-likeness (QED) is 0.593. The number of rotatable bonds is 2. The summed E-state index contributed by atoms with van der Waals surface area (Å²) in [6.07, 6.45) is -1.83. The topological polar surface area (TPSA) is 29.9 Å². The van der Waals surface area contributed by atoms with Crippen molar-refractivity contribution >= 4 is 5.82 Å². The highest BCUT2D eigenvalue weighted by Crippen LogP contribution is 2.41. The molecule has 2 heterocycles. The van der Waals surface area contributed by atoms with Gasteiger partial charge in [0.15, 0.2) is 0 Å². The molecule has 3 nitrogen and oxygen atoms in total. The van der Waals surface area contributed by atoms with E-state index in [9.17, 15) is 13.2 Å². The summed E-state index contributed by atoms with van der Waals surface area (Å²) in [4.78, 5) is 0. The summed E-state index contributed by atoms with van der Waals surface area (Å²) >= 11 is 0. The number of nitrogens with one attached hydrogen (secondary N) is 1. The first-order chi connectivity index (χ1) is 13.4. The van der Waals surface area contributed by atoms with Crippen LogP contribution in [0.3, 0.4) is 0 Å². The molecule has 28 heavy (non-hydrogen) atoms. The largest absolute Gasteiger partial charge is 0.417 e. The molecule has 1 aliphatic rings. The Balaban J connectivity index is 1.97. The number of fused-ring (bicyclic) bond motifs is 1. The molecule has 0 unspecified atom stereocenters. The molecule has 0 fully saturated rings. The van der Waals surface area contributed by atoms with Gasteiger partial charge in [-0.3, -0.25) is 0 Å². The first-order valence-corrected chi connectivity index (χ1v) is 9.46. The molecule has 0 aliphatic carbocycles. The summed E-state index contributed by atoms with van der Waals surface area (Å²) in [6, 6.07) is 11.7. The average molecular weight is 385 g/mol. The van der Waals surface area contributed by atoms with Crippen molar-refractivity contribution in [1.82, 2.24) is 9.78 Å². The number of alkyl halides is 3. The van der Waals surface area contributed by atoms with Crippen molar-refractivity contribution in [3.05, 3.63) is 64.7 Å². The Hall–Kier alpha value is -2.76. The molecule has 146 valence electrons. The molecule has 1 aliphatic heterocycles. The zero-order chi connectivity index (χ0) is 19.9. The molecule has 0 radical (unpaired) electrons. The average Bonchev–Trinajstić information content (AvgIpc) is 2.83. The van der Waals surface area contributed by atoms with Crippen LogP contribution in [0.25, 0.3) is 16.9 Å². The molecule has 0 saturated heterocycles. The van der Waals surface area contributed by atoms with Crippen LogP contribution in [-0.4, -0.2) is 16.3 Å². The van der Waals surface area contributed by atoms with E-state index in [1.807, 2.05) is 26.0 Å². The van der Waals surface area contributed by atoms with Crippen molar-refractivity contribution in [1.29, 1.82) is 0 Å². The highest BCUT2D eigenvalue weighted by molar-refractivity contribution is 5.74. The molecule has 0 bridgehead atoms. The molecule has 0 amide bonds. The zero-order valence-electron chi connectivity index (χ0n) is 15.9. The standard InChI is InChI=1S/C22H22F3N3/c1-14-10-11-19(15(2)13-14)28-21-17(8-5-6-12-26-21)20(27-28)16-7-3-4-9-18(16)22(23,24)25/h3-4,7,9-11,13,26H,5-6,8,12H2,1-2H3. The lowest BCUT2D eigenvalue weighted by atomic mass is 9.99. The summed E-state index contributed by atoms with van der Waals surface area (Å²) in [5.41, 5.74) is 3.81. The number of halogens is 3.